The summed E-state index contributed by atoms with van der Waals surface area (Å²) in [6, 6.07) is 0. The van der Waals surface area contributed by atoms with Crippen molar-refractivity contribution in [3.8, 4) is 0 Å². The van der Waals surface area contributed by atoms with Gasteiger partial charge in [0.1, 0.15) is 0 Å². The number of carbonyl (C=O) groups is 2. The number of aromatic amines is 1. The van der Waals surface area contributed by atoms with Crippen LogP contribution >= 0.6 is 0 Å². The largest absolute Gasteiger partial charge is 0.356 e. The predicted octanol–water partition coefficient (Wildman–Crippen LogP) is 0.545. The van der Waals surface area contributed by atoms with Crippen LogP contribution in [0.1, 0.15) is 37.7 Å². The van der Waals surface area contributed by atoms with Gasteiger partial charge in [-0.25, -0.2) is 0 Å². The van der Waals surface area contributed by atoms with E-state index in [4.69, 9.17) is 0 Å². The molecule has 3 heterocycles. The lowest BCUT2D eigenvalue weighted by atomic mass is 9.86. The summed E-state index contributed by atoms with van der Waals surface area (Å²) < 4.78 is 0. The molecule has 3 rings (SSSR count). The molecule has 2 N–H and O–H groups in total. The number of aryl methyl sites for hydroxylation is 1. The molecule has 2 saturated heterocycles. The molecule has 2 fully saturated rings. The zero-order chi connectivity index (χ0) is 17.0. The first kappa shape index (κ1) is 17.0. The molecule has 1 aromatic heterocycles. The van der Waals surface area contributed by atoms with Crippen molar-refractivity contribution in [3.05, 3.63) is 18.0 Å². The molecule has 0 aliphatic carbocycles. The van der Waals surface area contributed by atoms with E-state index in [1.54, 1.807) is 0 Å². The maximum Gasteiger partial charge on any atom is 0.222 e. The number of carbonyl (C=O) groups excluding carboxylic acids is 2. The van der Waals surface area contributed by atoms with Crippen LogP contribution in [0.25, 0.3) is 0 Å². The van der Waals surface area contributed by atoms with Gasteiger partial charge in [-0.1, -0.05) is 0 Å². The van der Waals surface area contributed by atoms with E-state index in [9.17, 15) is 9.59 Å². The van der Waals surface area contributed by atoms with E-state index in [2.05, 4.69) is 27.5 Å². The fourth-order valence-electron chi connectivity index (χ4n) is 3.83. The summed E-state index contributed by atoms with van der Waals surface area (Å²) in [5.74, 6) is 0.360. The third-order valence-corrected chi connectivity index (χ3v) is 5.49. The zero-order valence-electron chi connectivity index (χ0n) is 14.4. The van der Waals surface area contributed by atoms with E-state index >= 15 is 0 Å². The highest BCUT2D eigenvalue weighted by atomic mass is 16.2. The molecule has 0 unspecified atom stereocenters. The molecule has 0 aromatic carbocycles. The SMILES string of the molecule is CN1CCN(C(=O)CCCc2cn[nH]c2)C[C@]12CCNC(=O)CC2. The molecule has 1 spiro atoms. The lowest BCUT2D eigenvalue weighted by molar-refractivity contribution is -0.137. The quantitative estimate of drug-likeness (QED) is 0.843. The molecule has 24 heavy (non-hydrogen) atoms. The Morgan fingerprint density at radius 1 is 1.38 bits per heavy atom. The van der Waals surface area contributed by atoms with Gasteiger partial charge in [-0.2, -0.15) is 5.10 Å². The molecule has 1 aromatic rings. The lowest BCUT2D eigenvalue weighted by Gasteiger charge is -2.49. The second-order valence-electron chi connectivity index (χ2n) is 7.02. The summed E-state index contributed by atoms with van der Waals surface area (Å²) >= 11 is 0. The highest BCUT2D eigenvalue weighted by Crippen LogP contribution is 2.30. The van der Waals surface area contributed by atoms with E-state index in [1.807, 2.05) is 17.3 Å². The maximum absolute atomic E-state index is 12.6. The molecule has 2 aliphatic rings. The lowest BCUT2D eigenvalue weighted by Crippen LogP contribution is -2.62. The second-order valence-corrected chi connectivity index (χ2v) is 7.02. The highest BCUT2D eigenvalue weighted by molar-refractivity contribution is 5.77. The predicted molar refractivity (Wildman–Crippen MR) is 90.3 cm³/mol. The molecule has 132 valence electrons. The van der Waals surface area contributed by atoms with Gasteiger partial charge in [0.15, 0.2) is 0 Å². The molecule has 2 aliphatic heterocycles. The van der Waals surface area contributed by atoms with Crippen molar-refractivity contribution in [1.82, 2.24) is 25.3 Å². The fourth-order valence-corrected chi connectivity index (χ4v) is 3.83. The van der Waals surface area contributed by atoms with Crippen LogP contribution < -0.4 is 5.32 Å². The van der Waals surface area contributed by atoms with Crippen LogP contribution in [0.2, 0.25) is 0 Å². The Hall–Kier alpha value is -1.89. The van der Waals surface area contributed by atoms with Crippen LogP contribution in [0, 0.1) is 0 Å². The summed E-state index contributed by atoms with van der Waals surface area (Å²) in [6.07, 6.45) is 8.27. The summed E-state index contributed by atoms with van der Waals surface area (Å²) in [7, 11) is 2.12. The number of hydrogen-bond acceptors (Lipinski definition) is 4. The standard InChI is InChI=1S/C17H27N5O2/c1-21-9-10-22(13-17(21)6-5-15(23)18-8-7-17)16(24)4-2-3-14-11-19-20-12-14/h11-12H,2-10,13H2,1H3,(H,18,23)(H,19,20)/t17-/m0/s1. The number of amides is 2. The molecular weight excluding hydrogens is 306 g/mol. The number of H-pyrrole nitrogens is 1. The van der Waals surface area contributed by atoms with Gasteiger partial charge in [-0.15, -0.1) is 0 Å². The molecule has 0 radical (unpaired) electrons. The van der Waals surface area contributed by atoms with E-state index < -0.39 is 0 Å². The number of nitrogens with one attached hydrogen (secondary N) is 2. The number of nitrogens with zero attached hydrogens (tertiary/aromatic N) is 3. The Kier molecular flexibility index (Phi) is 5.18. The molecule has 2 amide bonds. The van der Waals surface area contributed by atoms with Crippen molar-refractivity contribution in [2.24, 2.45) is 0 Å². The van der Waals surface area contributed by atoms with Crippen molar-refractivity contribution in [1.29, 1.82) is 0 Å². The van der Waals surface area contributed by atoms with Crippen LogP contribution in [-0.2, 0) is 16.0 Å². The average Bonchev–Trinajstić information content (AvgIpc) is 3.01. The fraction of sp³-hybridized carbons (Fsp3) is 0.706. The van der Waals surface area contributed by atoms with E-state index in [0.29, 0.717) is 19.4 Å². The molecular formula is C17H27N5O2. The zero-order valence-corrected chi connectivity index (χ0v) is 14.4. The summed E-state index contributed by atoms with van der Waals surface area (Å²) in [5, 5.41) is 9.68. The Balaban J connectivity index is 1.55. The van der Waals surface area contributed by atoms with Gasteiger partial charge in [-0.05, 0) is 38.3 Å². The van der Waals surface area contributed by atoms with Crippen LogP contribution in [0.5, 0.6) is 0 Å². The molecule has 0 bridgehead atoms. The minimum Gasteiger partial charge on any atom is -0.356 e. The minimum absolute atomic E-state index is 0.0579. The van der Waals surface area contributed by atoms with Gasteiger partial charge in [0.05, 0.1) is 6.20 Å². The van der Waals surface area contributed by atoms with E-state index in [0.717, 1.165) is 50.9 Å². The Morgan fingerprint density at radius 3 is 3.04 bits per heavy atom. The van der Waals surface area contributed by atoms with Crippen molar-refractivity contribution in [3.63, 3.8) is 0 Å². The first-order valence-corrected chi connectivity index (χ1v) is 8.82. The van der Waals surface area contributed by atoms with E-state index in [1.165, 1.54) is 0 Å². The summed E-state index contributed by atoms with van der Waals surface area (Å²) in [4.78, 5) is 28.6. The Morgan fingerprint density at radius 2 is 2.25 bits per heavy atom. The van der Waals surface area contributed by atoms with Crippen molar-refractivity contribution in [2.45, 2.75) is 44.1 Å². The third-order valence-electron chi connectivity index (χ3n) is 5.49. The second kappa shape index (κ2) is 7.34. The van der Waals surface area contributed by atoms with E-state index in [-0.39, 0.29) is 17.4 Å². The number of likely N-dealkylation sites (N-methyl/N-ethyl adjacent to an activating group) is 1. The van der Waals surface area contributed by atoms with Crippen LogP contribution in [0.15, 0.2) is 12.4 Å². The van der Waals surface area contributed by atoms with Crippen molar-refractivity contribution in [2.75, 3.05) is 33.2 Å². The number of hydrogen-bond donors (Lipinski definition) is 2. The summed E-state index contributed by atoms with van der Waals surface area (Å²) in [6.45, 7) is 3.10. The Labute approximate surface area is 142 Å². The van der Waals surface area contributed by atoms with Crippen LogP contribution in [0.4, 0.5) is 0 Å². The normalized spacial score (nSPS) is 25.5. The maximum atomic E-state index is 12.6. The summed E-state index contributed by atoms with van der Waals surface area (Å²) in [5.41, 5.74) is 1.09. The number of aromatic nitrogens is 2. The van der Waals surface area contributed by atoms with Crippen molar-refractivity contribution < 1.29 is 9.59 Å². The smallest absolute Gasteiger partial charge is 0.222 e. The van der Waals surface area contributed by atoms with Gasteiger partial charge < -0.3 is 10.2 Å². The molecule has 7 heteroatoms. The van der Waals surface area contributed by atoms with Crippen LogP contribution in [-0.4, -0.2) is 70.6 Å². The third kappa shape index (κ3) is 3.77. The monoisotopic (exact) mass is 333 g/mol. The van der Waals surface area contributed by atoms with Gasteiger partial charge in [0.25, 0.3) is 0 Å². The van der Waals surface area contributed by atoms with Crippen LogP contribution in [0.3, 0.4) is 0 Å². The first-order chi connectivity index (χ1) is 11.6. The molecule has 0 saturated carbocycles. The first-order valence-electron chi connectivity index (χ1n) is 8.82. The number of piperazine rings is 1. The topological polar surface area (TPSA) is 81.3 Å². The van der Waals surface area contributed by atoms with Gasteiger partial charge >= 0.3 is 0 Å². The Bertz CT molecular complexity index is 574. The highest BCUT2D eigenvalue weighted by Gasteiger charge is 2.41. The molecule has 7 nitrogen and oxygen atoms in total. The number of rotatable bonds is 4. The average molecular weight is 333 g/mol. The minimum atomic E-state index is -0.0579. The van der Waals surface area contributed by atoms with Gasteiger partial charge in [0, 0.05) is 50.8 Å². The van der Waals surface area contributed by atoms with Crippen molar-refractivity contribution >= 4 is 11.8 Å². The molecule has 1 atom stereocenters. The van der Waals surface area contributed by atoms with Gasteiger partial charge in [0.2, 0.25) is 11.8 Å². The van der Waals surface area contributed by atoms with Gasteiger partial charge in [-0.3, -0.25) is 19.6 Å².